The van der Waals surface area contributed by atoms with Gasteiger partial charge < -0.3 is 4.79 Å². The van der Waals surface area contributed by atoms with Crippen LogP contribution in [0.2, 0.25) is 0 Å². The average Bonchev–Trinajstić information content (AvgIpc) is 2.74. The van der Waals surface area contributed by atoms with Gasteiger partial charge in [-0.1, -0.05) is 0 Å². The smallest absolute Gasteiger partial charge is 0.124 e. The van der Waals surface area contributed by atoms with Gasteiger partial charge in [0.1, 0.15) is 6.29 Å². The summed E-state index contributed by atoms with van der Waals surface area (Å²) in [6.45, 7) is 2.82. The molecule has 0 bridgehead atoms. The van der Waals surface area contributed by atoms with Crippen LogP contribution < -0.4 is 0 Å². The molecule has 0 fully saturated rings. The number of hydrogen-bond donors (Lipinski definition) is 0. The van der Waals surface area contributed by atoms with E-state index in [-0.39, 0.29) is 0 Å². The lowest BCUT2D eigenvalue weighted by Gasteiger charge is -1.97. The number of pyridine rings is 1. The van der Waals surface area contributed by atoms with E-state index in [1.54, 1.807) is 12.4 Å². The molecule has 2 rings (SSSR count). The first-order valence-electron chi connectivity index (χ1n) is 5.25. The zero-order valence-electron chi connectivity index (χ0n) is 9.13. The number of nitrogens with zero attached hydrogens (tertiary/aromatic N) is 3. The minimum Gasteiger partial charge on any atom is -0.303 e. The molecule has 2 heterocycles. The third-order valence-electron chi connectivity index (χ3n) is 2.42. The number of carbonyl (C=O) groups excluding carboxylic acids is 1. The van der Waals surface area contributed by atoms with E-state index in [0.717, 1.165) is 29.7 Å². The summed E-state index contributed by atoms with van der Waals surface area (Å²) >= 11 is 0. The largest absolute Gasteiger partial charge is 0.303 e. The zero-order chi connectivity index (χ0) is 11.4. The molecule has 4 heteroatoms. The second kappa shape index (κ2) is 4.70. The van der Waals surface area contributed by atoms with Crippen LogP contribution in [-0.4, -0.2) is 21.1 Å². The Kier molecular flexibility index (Phi) is 3.10. The van der Waals surface area contributed by atoms with Crippen molar-refractivity contribution in [2.75, 3.05) is 0 Å². The first-order chi connectivity index (χ1) is 7.85. The maximum Gasteiger partial charge on any atom is 0.124 e. The lowest BCUT2D eigenvalue weighted by molar-refractivity contribution is -0.107. The maximum absolute atomic E-state index is 10.6. The van der Waals surface area contributed by atoms with Crippen molar-refractivity contribution in [1.29, 1.82) is 0 Å². The van der Waals surface area contributed by atoms with Crippen molar-refractivity contribution in [3.05, 3.63) is 36.3 Å². The normalized spacial score (nSPS) is 10.3. The van der Waals surface area contributed by atoms with E-state index in [9.17, 15) is 4.79 Å². The molecule has 0 aliphatic carbocycles. The Morgan fingerprint density at radius 3 is 2.75 bits per heavy atom. The lowest BCUT2D eigenvalue weighted by atomic mass is 10.1. The average molecular weight is 215 g/mol. The Morgan fingerprint density at radius 1 is 1.38 bits per heavy atom. The predicted octanol–water partition coefficient (Wildman–Crippen LogP) is 1.71. The molecule has 0 aromatic carbocycles. The number of rotatable bonds is 4. The summed E-state index contributed by atoms with van der Waals surface area (Å²) < 4.78 is 1.84. The van der Waals surface area contributed by atoms with Crippen molar-refractivity contribution in [1.82, 2.24) is 14.8 Å². The van der Waals surface area contributed by atoms with Gasteiger partial charge >= 0.3 is 0 Å². The van der Waals surface area contributed by atoms with Gasteiger partial charge in [-0.3, -0.25) is 9.67 Å². The molecule has 16 heavy (non-hydrogen) atoms. The van der Waals surface area contributed by atoms with Crippen LogP contribution in [0.1, 0.15) is 12.5 Å². The predicted molar refractivity (Wildman–Crippen MR) is 60.9 cm³/mol. The minimum absolute atomic E-state index is 0.400. The van der Waals surface area contributed by atoms with E-state index < -0.39 is 0 Å². The zero-order valence-corrected chi connectivity index (χ0v) is 9.13. The second-order valence-corrected chi connectivity index (χ2v) is 3.47. The van der Waals surface area contributed by atoms with E-state index >= 15 is 0 Å². The monoisotopic (exact) mass is 215 g/mol. The van der Waals surface area contributed by atoms with E-state index in [2.05, 4.69) is 10.1 Å². The summed E-state index contributed by atoms with van der Waals surface area (Å²) in [7, 11) is 0. The third kappa shape index (κ3) is 2.00. The van der Waals surface area contributed by atoms with Gasteiger partial charge in [0.25, 0.3) is 0 Å². The second-order valence-electron chi connectivity index (χ2n) is 3.47. The number of carbonyl (C=O) groups is 1. The highest BCUT2D eigenvalue weighted by Crippen LogP contribution is 2.21. The van der Waals surface area contributed by atoms with Gasteiger partial charge in [0.15, 0.2) is 0 Å². The van der Waals surface area contributed by atoms with Crippen LogP contribution in [-0.2, 0) is 17.8 Å². The van der Waals surface area contributed by atoms with Crippen LogP contribution in [0.5, 0.6) is 0 Å². The van der Waals surface area contributed by atoms with E-state index in [1.165, 1.54) is 0 Å². The Labute approximate surface area is 93.9 Å². The van der Waals surface area contributed by atoms with Crippen molar-refractivity contribution in [3.8, 4) is 11.3 Å². The summed E-state index contributed by atoms with van der Waals surface area (Å²) in [5.74, 6) is 0. The highest BCUT2D eigenvalue weighted by atomic mass is 16.1. The molecule has 0 saturated carbocycles. The van der Waals surface area contributed by atoms with E-state index in [4.69, 9.17) is 0 Å². The van der Waals surface area contributed by atoms with Crippen LogP contribution in [0.15, 0.2) is 30.7 Å². The van der Waals surface area contributed by atoms with Gasteiger partial charge in [0.05, 0.1) is 5.69 Å². The van der Waals surface area contributed by atoms with Crippen LogP contribution in [0.4, 0.5) is 0 Å². The van der Waals surface area contributed by atoms with Crippen molar-refractivity contribution >= 4 is 6.29 Å². The summed E-state index contributed by atoms with van der Waals surface area (Å²) in [4.78, 5) is 14.6. The minimum atomic E-state index is 0.400. The van der Waals surface area contributed by atoms with E-state index in [0.29, 0.717) is 6.42 Å². The third-order valence-corrected chi connectivity index (χ3v) is 2.42. The van der Waals surface area contributed by atoms with Crippen molar-refractivity contribution in [2.45, 2.75) is 19.9 Å². The van der Waals surface area contributed by atoms with Crippen molar-refractivity contribution < 1.29 is 4.79 Å². The number of aldehydes is 1. The summed E-state index contributed by atoms with van der Waals surface area (Å²) in [6, 6.07) is 3.80. The molecule has 0 atom stereocenters. The standard InChI is InChI=1S/C12H13N3O/c1-2-15-9-11(5-8-16)12(14-15)10-3-6-13-7-4-10/h3-4,6-9H,2,5H2,1H3. The molecule has 0 aliphatic heterocycles. The Balaban J connectivity index is 2.46. The highest BCUT2D eigenvalue weighted by Gasteiger charge is 2.09. The van der Waals surface area contributed by atoms with Gasteiger partial charge in [0, 0.05) is 42.7 Å². The van der Waals surface area contributed by atoms with Crippen molar-refractivity contribution in [2.24, 2.45) is 0 Å². The molecule has 0 saturated heterocycles. The lowest BCUT2D eigenvalue weighted by Crippen LogP contribution is -1.93. The summed E-state index contributed by atoms with van der Waals surface area (Å²) in [5.41, 5.74) is 2.83. The fourth-order valence-electron chi connectivity index (χ4n) is 1.62. The van der Waals surface area contributed by atoms with Gasteiger partial charge in [0.2, 0.25) is 0 Å². The maximum atomic E-state index is 10.6. The molecule has 0 spiro atoms. The molecule has 0 amide bonds. The molecule has 0 radical (unpaired) electrons. The molecule has 2 aromatic heterocycles. The number of aryl methyl sites for hydroxylation is 1. The van der Waals surface area contributed by atoms with Crippen LogP contribution >= 0.6 is 0 Å². The quantitative estimate of drug-likeness (QED) is 0.729. The topological polar surface area (TPSA) is 47.8 Å². The first-order valence-corrected chi connectivity index (χ1v) is 5.25. The van der Waals surface area contributed by atoms with Crippen molar-refractivity contribution in [3.63, 3.8) is 0 Å². The number of aromatic nitrogens is 3. The molecular formula is C12H13N3O. The summed E-state index contributed by atoms with van der Waals surface area (Å²) in [5, 5.41) is 4.45. The molecule has 82 valence electrons. The van der Waals surface area contributed by atoms with Gasteiger partial charge in [-0.25, -0.2) is 0 Å². The first kappa shape index (κ1) is 10.5. The number of hydrogen-bond acceptors (Lipinski definition) is 3. The van der Waals surface area contributed by atoms with Gasteiger partial charge in [-0.2, -0.15) is 5.10 Å². The van der Waals surface area contributed by atoms with Crippen LogP contribution in [0.25, 0.3) is 11.3 Å². The van der Waals surface area contributed by atoms with Gasteiger partial charge in [-0.15, -0.1) is 0 Å². The Bertz CT molecular complexity index is 476. The fraction of sp³-hybridized carbons (Fsp3) is 0.250. The van der Waals surface area contributed by atoms with Crippen LogP contribution in [0, 0.1) is 0 Å². The van der Waals surface area contributed by atoms with E-state index in [1.807, 2.05) is 29.9 Å². The molecule has 0 unspecified atom stereocenters. The molecule has 4 nitrogen and oxygen atoms in total. The molecular weight excluding hydrogens is 202 g/mol. The molecule has 0 N–H and O–H groups in total. The van der Waals surface area contributed by atoms with Gasteiger partial charge in [-0.05, 0) is 19.1 Å². The Morgan fingerprint density at radius 2 is 2.12 bits per heavy atom. The SMILES string of the molecule is CCn1cc(CC=O)c(-c2ccncc2)n1. The fourth-order valence-corrected chi connectivity index (χ4v) is 1.62. The highest BCUT2D eigenvalue weighted by molar-refractivity contribution is 5.67. The summed E-state index contributed by atoms with van der Waals surface area (Å²) in [6.07, 6.45) is 6.68. The Hall–Kier alpha value is -1.97. The molecule has 2 aromatic rings. The van der Waals surface area contributed by atoms with Crippen LogP contribution in [0.3, 0.4) is 0 Å². The molecule has 0 aliphatic rings.